The summed E-state index contributed by atoms with van der Waals surface area (Å²) in [7, 11) is 0. The second-order valence-electron chi connectivity index (χ2n) is 2.39. The smallest absolute Gasteiger partial charge is 0.266 e. The number of rotatable bonds is 1. The van der Waals surface area contributed by atoms with Crippen molar-refractivity contribution in [2.75, 3.05) is 0 Å². The zero-order valence-electron chi connectivity index (χ0n) is 6.64. The van der Waals surface area contributed by atoms with Gasteiger partial charge in [-0.05, 0) is 0 Å². The Labute approximate surface area is 73.5 Å². The topological polar surface area (TPSA) is 71.5 Å². The van der Waals surface area contributed by atoms with Crippen LogP contribution in [0.5, 0.6) is 0 Å². The molecule has 64 valence electrons. The number of H-pyrrole nitrogens is 1. The van der Waals surface area contributed by atoms with E-state index in [-0.39, 0.29) is 5.56 Å². The molecule has 1 N–H and O–H groups in total. The van der Waals surface area contributed by atoms with Gasteiger partial charge in [0, 0.05) is 18.6 Å². The third kappa shape index (κ3) is 1.58. The van der Waals surface area contributed by atoms with Gasteiger partial charge in [0.25, 0.3) is 5.56 Å². The fourth-order valence-corrected chi connectivity index (χ4v) is 0.914. The first-order valence-corrected chi connectivity index (χ1v) is 3.67. The molecule has 2 rings (SSSR count). The molecule has 0 amide bonds. The van der Waals surface area contributed by atoms with Crippen LogP contribution in [0.2, 0.25) is 0 Å². The normalized spacial score (nSPS) is 9.85. The van der Waals surface area contributed by atoms with Gasteiger partial charge in [-0.2, -0.15) is 0 Å². The van der Waals surface area contributed by atoms with Gasteiger partial charge in [0.15, 0.2) is 0 Å². The summed E-state index contributed by atoms with van der Waals surface area (Å²) in [6.07, 6.45) is 7.45. The van der Waals surface area contributed by atoms with E-state index in [1.165, 1.54) is 12.4 Å². The molecule has 2 heterocycles. The van der Waals surface area contributed by atoms with Crippen LogP contribution < -0.4 is 5.56 Å². The van der Waals surface area contributed by atoms with E-state index in [2.05, 4.69) is 19.9 Å². The summed E-state index contributed by atoms with van der Waals surface area (Å²) >= 11 is 0. The second kappa shape index (κ2) is 3.14. The van der Waals surface area contributed by atoms with Gasteiger partial charge in [0.1, 0.15) is 11.4 Å². The minimum atomic E-state index is -0.229. The zero-order chi connectivity index (χ0) is 9.10. The maximum Gasteiger partial charge on any atom is 0.266 e. The predicted molar refractivity (Wildman–Crippen MR) is 45.9 cm³/mol. The average molecular weight is 174 g/mol. The highest BCUT2D eigenvalue weighted by molar-refractivity contribution is 5.49. The van der Waals surface area contributed by atoms with Crippen molar-refractivity contribution < 1.29 is 0 Å². The Kier molecular flexibility index (Phi) is 1.84. The maximum atomic E-state index is 10.7. The first kappa shape index (κ1) is 7.60. The summed E-state index contributed by atoms with van der Waals surface area (Å²) in [6.45, 7) is 0. The van der Waals surface area contributed by atoms with E-state index < -0.39 is 0 Å². The van der Waals surface area contributed by atoms with E-state index in [4.69, 9.17) is 0 Å². The van der Waals surface area contributed by atoms with Crippen LogP contribution in [-0.2, 0) is 0 Å². The van der Waals surface area contributed by atoms with Crippen molar-refractivity contribution in [3.63, 3.8) is 0 Å². The third-order valence-electron chi connectivity index (χ3n) is 1.50. The molecule has 0 bridgehead atoms. The summed E-state index contributed by atoms with van der Waals surface area (Å²) in [5, 5.41) is 0. The summed E-state index contributed by atoms with van der Waals surface area (Å²) < 4.78 is 0. The van der Waals surface area contributed by atoms with Crippen LogP contribution in [-0.4, -0.2) is 19.9 Å². The number of aromatic amines is 1. The first-order valence-electron chi connectivity index (χ1n) is 3.67. The SMILES string of the molecule is O=c1cnc(-c2cnccn2)c[nH]1. The minimum absolute atomic E-state index is 0.229. The van der Waals surface area contributed by atoms with Gasteiger partial charge in [-0.15, -0.1) is 0 Å². The van der Waals surface area contributed by atoms with Gasteiger partial charge in [0.2, 0.25) is 0 Å². The highest BCUT2D eigenvalue weighted by Crippen LogP contribution is 2.07. The molecule has 0 fully saturated rings. The van der Waals surface area contributed by atoms with Gasteiger partial charge in [-0.1, -0.05) is 0 Å². The first-order chi connectivity index (χ1) is 6.36. The van der Waals surface area contributed by atoms with Crippen molar-refractivity contribution in [1.29, 1.82) is 0 Å². The van der Waals surface area contributed by atoms with Crippen LogP contribution in [0.4, 0.5) is 0 Å². The molecule has 0 aromatic carbocycles. The fraction of sp³-hybridized carbons (Fsp3) is 0. The highest BCUT2D eigenvalue weighted by atomic mass is 16.1. The van der Waals surface area contributed by atoms with E-state index in [9.17, 15) is 4.79 Å². The van der Waals surface area contributed by atoms with Crippen molar-refractivity contribution in [2.24, 2.45) is 0 Å². The monoisotopic (exact) mass is 174 g/mol. The molecule has 0 saturated heterocycles. The second-order valence-corrected chi connectivity index (χ2v) is 2.39. The van der Waals surface area contributed by atoms with Crippen molar-refractivity contribution in [3.8, 4) is 11.4 Å². The Morgan fingerprint density at radius 1 is 1.08 bits per heavy atom. The zero-order valence-corrected chi connectivity index (χ0v) is 6.64. The van der Waals surface area contributed by atoms with Crippen LogP contribution in [0.1, 0.15) is 0 Å². The maximum absolute atomic E-state index is 10.7. The lowest BCUT2D eigenvalue weighted by Gasteiger charge is -1.95. The lowest BCUT2D eigenvalue weighted by atomic mass is 10.3. The Morgan fingerprint density at radius 2 is 2.00 bits per heavy atom. The van der Waals surface area contributed by atoms with Crippen molar-refractivity contribution in [1.82, 2.24) is 19.9 Å². The van der Waals surface area contributed by atoms with Gasteiger partial charge in [-0.3, -0.25) is 14.8 Å². The summed E-state index contributed by atoms with van der Waals surface area (Å²) in [6, 6.07) is 0. The largest absolute Gasteiger partial charge is 0.326 e. The Hall–Kier alpha value is -2.04. The van der Waals surface area contributed by atoms with Crippen molar-refractivity contribution >= 4 is 0 Å². The third-order valence-corrected chi connectivity index (χ3v) is 1.50. The molecule has 0 unspecified atom stereocenters. The Bertz CT molecular complexity index is 431. The molecular formula is C8H6N4O. The van der Waals surface area contributed by atoms with Gasteiger partial charge in [0.05, 0.1) is 12.4 Å². The number of hydrogen-bond donors (Lipinski definition) is 1. The molecule has 0 atom stereocenters. The molecule has 5 heteroatoms. The Morgan fingerprint density at radius 3 is 2.62 bits per heavy atom. The summed E-state index contributed by atoms with van der Waals surface area (Å²) in [5.41, 5.74) is 1.01. The molecule has 13 heavy (non-hydrogen) atoms. The molecule has 5 nitrogen and oxygen atoms in total. The van der Waals surface area contributed by atoms with E-state index in [0.29, 0.717) is 11.4 Å². The van der Waals surface area contributed by atoms with Crippen LogP contribution in [0.15, 0.2) is 35.8 Å². The van der Waals surface area contributed by atoms with Crippen LogP contribution in [0, 0.1) is 0 Å². The number of nitrogens with one attached hydrogen (secondary N) is 1. The lowest BCUT2D eigenvalue weighted by molar-refractivity contribution is 1.11. The van der Waals surface area contributed by atoms with Crippen molar-refractivity contribution in [3.05, 3.63) is 41.3 Å². The molecule has 0 aliphatic rings. The van der Waals surface area contributed by atoms with Gasteiger partial charge >= 0.3 is 0 Å². The molecule has 0 spiro atoms. The molecular weight excluding hydrogens is 168 g/mol. The van der Waals surface area contributed by atoms with Crippen LogP contribution in [0.25, 0.3) is 11.4 Å². The predicted octanol–water partition coefficient (Wildman–Crippen LogP) is 0.227. The molecule has 2 aromatic heterocycles. The molecule has 0 aliphatic heterocycles. The summed E-state index contributed by atoms with van der Waals surface area (Å²) in [4.78, 5) is 25.0. The number of hydrogen-bond acceptors (Lipinski definition) is 4. The van der Waals surface area contributed by atoms with Crippen molar-refractivity contribution in [2.45, 2.75) is 0 Å². The summed E-state index contributed by atoms with van der Waals surface area (Å²) in [5.74, 6) is 0. The minimum Gasteiger partial charge on any atom is -0.326 e. The van der Waals surface area contributed by atoms with Crippen LogP contribution in [0.3, 0.4) is 0 Å². The molecule has 2 aromatic rings. The van der Waals surface area contributed by atoms with Gasteiger partial charge in [-0.25, -0.2) is 4.98 Å². The van der Waals surface area contributed by atoms with E-state index >= 15 is 0 Å². The number of aromatic nitrogens is 4. The number of nitrogens with zero attached hydrogens (tertiary/aromatic N) is 3. The molecule has 0 saturated carbocycles. The van der Waals surface area contributed by atoms with E-state index in [1.54, 1.807) is 18.6 Å². The van der Waals surface area contributed by atoms with Crippen LogP contribution >= 0.6 is 0 Å². The quantitative estimate of drug-likeness (QED) is 0.671. The van der Waals surface area contributed by atoms with E-state index in [1.807, 2.05) is 0 Å². The highest BCUT2D eigenvalue weighted by Gasteiger charge is 1.98. The van der Waals surface area contributed by atoms with E-state index in [0.717, 1.165) is 0 Å². The molecule has 0 radical (unpaired) electrons. The fourth-order valence-electron chi connectivity index (χ4n) is 0.914. The Balaban J connectivity index is 2.48. The molecule has 0 aliphatic carbocycles. The standard InChI is InChI=1S/C8H6N4O/c13-8-5-11-7(4-12-8)6-3-9-1-2-10-6/h1-5H,(H,12,13). The average Bonchev–Trinajstić information content (AvgIpc) is 2.20. The lowest BCUT2D eigenvalue weighted by Crippen LogP contribution is -2.04. The van der Waals surface area contributed by atoms with Gasteiger partial charge < -0.3 is 4.98 Å².